The normalized spacial score (nSPS) is 12.7. The minimum Gasteiger partial charge on any atom is -0.482 e. The van der Waals surface area contributed by atoms with E-state index in [-0.39, 0.29) is 36.0 Å². The fourth-order valence-corrected chi connectivity index (χ4v) is 3.40. The Balaban J connectivity index is 1.78. The van der Waals surface area contributed by atoms with Gasteiger partial charge in [-0.1, -0.05) is 12.1 Å². The van der Waals surface area contributed by atoms with Crippen LogP contribution in [0.25, 0.3) is 0 Å². The number of nitro benzene ring substituents is 1. The van der Waals surface area contributed by atoms with Gasteiger partial charge in [0.05, 0.1) is 22.1 Å². The smallest absolute Gasteiger partial charge is 0.271 e. The summed E-state index contributed by atoms with van der Waals surface area (Å²) in [4.78, 5) is 48.1. The molecule has 0 atom stereocenters. The molecule has 0 spiro atoms. The number of anilines is 2. The van der Waals surface area contributed by atoms with Gasteiger partial charge in [-0.05, 0) is 18.2 Å². The van der Waals surface area contributed by atoms with Crippen LogP contribution >= 0.6 is 11.8 Å². The Labute approximate surface area is 169 Å². The summed E-state index contributed by atoms with van der Waals surface area (Å²) in [7, 11) is 0. The van der Waals surface area contributed by atoms with E-state index < -0.39 is 22.6 Å². The van der Waals surface area contributed by atoms with Crippen LogP contribution in [0.5, 0.6) is 5.75 Å². The van der Waals surface area contributed by atoms with Crippen molar-refractivity contribution in [3.63, 3.8) is 0 Å². The van der Waals surface area contributed by atoms with Gasteiger partial charge in [0.15, 0.2) is 6.61 Å². The molecule has 3 rings (SSSR count). The average Bonchev–Trinajstić information content (AvgIpc) is 2.69. The molecule has 0 fully saturated rings. The van der Waals surface area contributed by atoms with Gasteiger partial charge in [0.2, 0.25) is 11.8 Å². The minimum atomic E-state index is -0.593. The van der Waals surface area contributed by atoms with Gasteiger partial charge in [0.1, 0.15) is 12.3 Å². The third-order valence-corrected chi connectivity index (χ3v) is 5.02. The Morgan fingerprint density at radius 2 is 2.03 bits per heavy atom. The lowest BCUT2D eigenvalue weighted by atomic mass is 10.2. The highest BCUT2D eigenvalue weighted by molar-refractivity contribution is 8.00. The number of nitrogens with zero attached hydrogens (tertiary/aromatic N) is 2. The quantitative estimate of drug-likeness (QED) is 0.395. The van der Waals surface area contributed by atoms with E-state index in [9.17, 15) is 24.5 Å². The molecule has 0 saturated heterocycles. The monoisotopic (exact) mass is 416 g/mol. The van der Waals surface area contributed by atoms with Gasteiger partial charge in [-0.25, -0.2) is 0 Å². The van der Waals surface area contributed by atoms with E-state index in [0.717, 1.165) is 4.90 Å². The van der Waals surface area contributed by atoms with Crippen LogP contribution in [0.15, 0.2) is 47.4 Å². The molecule has 0 saturated carbocycles. The number of nitrogens with two attached hydrogens (primary N) is 1. The highest BCUT2D eigenvalue weighted by Crippen LogP contribution is 2.35. The topological polar surface area (TPSA) is 145 Å². The van der Waals surface area contributed by atoms with Crippen molar-refractivity contribution in [2.24, 2.45) is 5.73 Å². The summed E-state index contributed by atoms with van der Waals surface area (Å²) in [5.74, 6) is -1.17. The van der Waals surface area contributed by atoms with Crippen molar-refractivity contribution >= 4 is 46.5 Å². The van der Waals surface area contributed by atoms with Gasteiger partial charge in [-0.2, -0.15) is 0 Å². The first kappa shape index (κ1) is 20.1. The number of nitrogens with one attached hydrogen (secondary N) is 1. The molecule has 0 aliphatic carbocycles. The lowest BCUT2D eigenvalue weighted by Gasteiger charge is -2.28. The molecular weight excluding hydrogens is 400 g/mol. The second kappa shape index (κ2) is 8.61. The molecule has 11 heteroatoms. The Bertz CT molecular complexity index is 996. The Morgan fingerprint density at radius 3 is 2.76 bits per heavy atom. The molecule has 3 amide bonds. The van der Waals surface area contributed by atoms with Crippen molar-refractivity contribution < 1.29 is 24.0 Å². The van der Waals surface area contributed by atoms with E-state index in [1.165, 1.54) is 30.0 Å². The van der Waals surface area contributed by atoms with Crippen LogP contribution in [0, 0.1) is 10.1 Å². The molecule has 0 aromatic heterocycles. The first-order valence-corrected chi connectivity index (χ1v) is 9.35. The standard InChI is InChI=1S/C18H16N4O6S/c19-16(23)10-29-15-4-2-1-3-12(15)20-17(24)8-21-13-7-11(22(26)27)5-6-14(13)28-9-18(21)25/h1-7H,8-10H2,(H2,19,23)(H,20,24). The number of ether oxygens (including phenoxy) is 1. The number of hydrogen-bond donors (Lipinski definition) is 2. The number of rotatable bonds is 7. The first-order valence-electron chi connectivity index (χ1n) is 8.36. The number of amides is 3. The molecule has 0 unspecified atom stereocenters. The summed E-state index contributed by atoms with van der Waals surface area (Å²) in [5, 5.41) is 13.7. The maximum Gasteiger partial charge on any atom is 0.271 e. The van der Waals surface area contributed by atoms with Gasteiger partial charge in [0, 0.05) is 17.0 Å². The summed E-state index contributed by atoms with van der Waals surface area (Å²) in [6.07, 6.45) is 0. The summed E-state index contributed by atoms with van der Waals surface area (Å²) in [6.45, 7) is -0.631. The predicted octanol–water partition coefficient (Wildman–Crippen LogP) is 1.54. The Kier molecular flexibility index (Phi) is 5.98. The molecular formula is C18H16N4O6S. The second-order valence-corrected chi connectivity index (χ2v) is 6.99. The van der Waals surface area contributed by atoms with Crippen LogP contribution in [-0.2, 0) is 14.4 Å². The number of nitro groups is 1. The lowest BCUT2D eigenvalue weighted by molar-refractivity contribution is -0.384. The van der Waals surface area contributed by atoms with Crippen molar-refractivity contribution in [2.45, 2.75) is 4.90 Å². The minimum absolute atomic E-state index is 0.0475. The lowest BCUT2D eigenvalue weighted by Crippen LogP contribution is -2.43. The van der Waals surface area contributed by atoms with Gasteiger partial charge in [0.25, 0.3) is 11.6 Å². The van der Waals surface area contributed by atoms with E-state index in [2.05, 4.69) is 5.32 Å². The number of primary amides is 1. The van der Waals surface area contributed by atoms with Gasteiger partial charge >= 0.3 is 0 Å². The number of non-ortho nitro benzene ring substituents is 1. The molecule has 10 nitrogen and oxygen atoms in total. The van der Waals surface area contributed by atoms with Crippen molar-refractivity contribution in [2.75, 3.05) is 29.1 Å². The van der Waals surface area contributed by atoms with Gasteiger partial charge in [-0.3, -0.25) is 29.4 Å². The molecule has 2 aromatic carbocycles. The summed E-state index contributed by atoms with van der Waals surface area (Å²) in [5.41, 5.74) is 5.55. The molecule has 3 N–H and O–H groups in total. The van der Waals surface area contributed by atoms with E-state index in [0.29, 0.717) is 10.6 Å². The molecule has 1 aliphatic heterocycles. The summed E-state index contributed by atoms with van der Waals surface area (Å²) in [6, 6.07) is 10.7. The second-order valence-electron chi connectivity index (χ2n) is 5.98. The predicted molar refractivity (Wildman–Crippen MR) is 106 cm³/mol. The zero-order chi connectivity index (χ0) is 21.0. The molecule has 0 bridgehead atoms. The molecule has 0 radical (unpaired) electrons. The van der Waals surface area contributed by atoms with E-state index in [1.807, 2.05) is 0 Å². The third-order valence-electron chi connectivity index (χ3n) is 3.93. The highest BCUT2D eigenvalue weighted by Gasteiger charge is 2.29. The maximum absolute atomic E-state index is 12.6. The fraction of sp³-hybridized carbons (Fsp3) is 0.167. The molecule has 1 aliphatic rings. The number of benzene rings is 2. The molecule has 29 heavy (non-hydrogen) atoms. The van der Waals surface area contributed by atoms with Crippen molar-refractivity contribution in [3.05, 3.63) is 52.6 Å². The van der Waals surface area contributed by atoms with Crippen LogP contribution in [0.1, 0.15) is 0 Å². The zero-order valence-electron chi connectivity index (χ0n) is 15.0. The van der Waals surface area contributed by atoms with E-state index >= 15 is 0 Å². The Hall–Kier alpha value is -3.60. The number of carbonyl (C=O) groups excluding carboxylic acids is 3. The molecule has 1 heterocycles. The summed E-state index contributed by atoms with van der Waals surface area (Å²) >= 11 is 1.17. The number of hydrogen-bond acceptors (Lipinski definition) is 7. The third kappa shape index (κ3) is 4.82. The Morgan fingerprint density at radius 1 is 1.28 bits per heavy atom. The summed E-state index contributed by atoms with van der Waals surface area (Å²) < 4.78 is 5.28. The van der Waals surface area contributed by atoms with Crippen LogP contribution in [0.2, 0.25) is 0 Å². The highest BCUT2D eigenvalue weighted by atomic mass is 32.2. The van der Waals surface area contributed by atoms with Crippen LogP contribution in [0.4, 0.5) is 17.1 Å². The number of carbonyl (C=O) groups is 3. The molecule has 2 aromatic rings. The van der Waals surface area contributed by atoms with Gasteiger partial charge < -0.3 is 15.8 Å². The van der Waals surface area contributed by atoms with Crippen molar-refractivity contribution in [1.82, 2.24) is 0 Å². The number of fused-ring (bicyclic) bond motifs is 1. The zero-order valence-corrected chi connectivity index (χ0v) is 15.8. The number of para-hydroxylation sites is 1. The largest absolute Gasteiger partial charge is 0.482 e. The first-order chi connectivity index (χ1) is 13.8. The van der Waals surface area contributed by atoms with Crippen LogP contribution < -0.4 is 20.7 Å². The fourth-order valence-electron chi connectivity index (χ4n) is 2.66. The van der Waals surface area contributed by atoms with Crippen molar-refractivity contribution in [3.8, 4) is 5.75 Å². The maximum atomic E-state index is 12.6. The average molecular weight is 416 g/mol. The van der Waals surface area contributed by atoms with Crippen LogP contribution in [-0.4, -0.2) is 41.5 Å². The number of thioether (sulfide) groups is 1. The van der Waals surface area contributed by atoms with E-state index in [4.69, 9.17) is 10.5 Å². The van der Waals surface area contributed by atoms with Crippen molar-refractivity contribution in [1.29, 1.82) is 0 Å². The molecule has 150 valence electrons. The van der Waals surface area contributed by atoms with Crippen LogP contribution in [0.3, 0.4) is 0 Å². The SMILES string of the molecule is NC(=O)CSc1ccccc1NC(=O)CN1C(=O)COc2ccc([N+](=O)[O-])cc21. The van der Waals surface area contributed by atoms with Gasteiger partial charge in [-0.15, -0.1) is 11.8 Å². The van der Waals surface area contributed by atoms with E-state index in [1.54, 1.807) is 24.3 Å².